The van der Waals surface area contributed by atoms with Crippen molar-refractivity contribution >= 4 is 0 Å². The predicted molar refractivity (Wildman–Crippen MR) is 72.0 cm³/mol. The van der Waals surface area contributed by atoms with Crippen LogP contribution >= 0.6 is 0 Å². The maximum absolute atomic E-state index is 4.00. The van der Waals surface area contributed by atoms with E-state index in [9.17, 15) is 0 Å². The largest absolute Gasteiger partial charge is 0.359 e. The van der Waals surface area contributed by atoms with Crippen LogP contribution in [0.2, 0.25) is 0 Å². The third-order valence-electron chi connectivity index (χ3n) is 2.56. The minimum Gasteiger partial charge on any atom is -0.359 e. The van der Waals surface area contributed by atoms with E-state index in [2.05, 4.69) is 50.9 Å². The standard InChI is InChI=1S/C15H23N/c1-5-6-7-8-14-10-9-13(4)16-15(14)11-12(2)3/h7-8,11,16H,4-6,9-10H2,1-3H3/b8-7-. The molecule has 1 rings (SSSR count). The molecule has 0 fully saturated rings. The number of hydrogen-bond acceptors (Lipinski definition) is 1. The van der Waals surface area contributed by atoms with Crippen LogP contribution in [-0.2, 0) is 0 Å². The quantitative estimate of drug-likeness (QED) is 0.733. The summed E-state index contributed by atoms with van der Waals surface area (Å²) < 4.78 is 0. The van der Waals surface area contributed by atoms with Gasteiger partial charge >= 0.3 is 0 Å². The average molecular weight is 217 g/mol. The Morgan fingerprint density at radius 2 is 2.12 bits per heavy atom. The van der Waals surface area contributed by atoms with Gasteiger partial charge in [0.05, 0.1) is 0 Å². The maximum Gasteiger partial charge on any atom is 0.0413 e. The van der Waals surface area contributed by atoms with Crippen molar-refractivity contribution in [2.24, 2.45) is 0 Å². The first kappa shape index (κ1) is 12.8. The molecule has 1 aliphatic heterocycles. The fraction of sp³-hybridized carbons (Fsp3) is 0.467. The van der Waals surface area contributed by atoms with E-state index >= 15 is 0 Å². The number of nitrogens with one attached hydrogen (secondary N) is 1. The summed E-state index contributed by atoms with van der Waals surface area (Å²) in [7, 11) is 0. The summed E-state index contributed by atoms with van der Waals surface area (Å²) in [5.41, 5.74) is 5.07. The number of allylic oxidation sites excluding steroid dienone is 6. The summed E-state index contributed by atoms with van der Waals surface area (Å²) in [6.07, 6.45) is 11.3. The van der Waals surface area contributed by atoms with Gasteiger partial charge in [0.1, 0.15) is 0 Å². The van der Waals surface area contributed by atoms with Crippen molar-refractivity contribution in [2.45, 2.75) is 46.5 Å². The van der Waals surface area contributed by atoms with E-state index in [0.717, 1.165) is 25.0 Å². The summed E-state index contributed by atoms with van der Waals surface area (Å²) >= 11 is 0. The Hall–Kier alpha value is -1.24. The lowest BCUT2D eigenvalue weighted by Gasteiger charge is -2.20. The van der Waals surface area contributed by atoms with Gasteiger partial charge in [0, 0.05) is 11.4 Å². The molecule has 0 saturated heterocycles. The van der Waals surface area contributed by atoms with Crippen molar-refractivity contribution in [1.82, 2.24) is 5.32 Å². The van der Waals surface area contributed by atoms with Gasteiger partial charge in [-0.25, -0.2) is 0 Å². The Morgan fingerprint density at radius 1 is 1.38 bits per heavy atom. The molecule has 1 heterocycles. The minimum atomic E-state index is 1.05. The first-order valence-electron chi connectivity index (χ1n) is 6.13. The smallest absolute Gasteiger partial charge is 0.0413 e. The van der Waals surface area contributed by atoms with Crippen molar-refractivity contribution in [2.75, 3.05) is 0 Å². The first-order valence-corrected chi connectivity index (χ1v) is 6.13. The molecule has 0 atom stereocenters. The highest BCUT2D eigenvalue weighted by Crippen LogP contribution is 2.22. The Kier molecular flexibility index (Phi) is 5.10. The molecule has 0 aromatic heterocycles. The molecule has 0 unspecified atom stereocenters. The van der Waals surface area contributed by atoms with Gasteiger partial charge in [-0.05, 0) is 44.8 Å². The van der Waals surface area contributed by atoms with Crippen LogP contribution in [0.1, 0.15) is 46.5 Å². The van der Waals surface area contributed by atoms with Crippen LogP contribution in [0.4, 0.5) is 0 Å². The zero-order chi connectivity index (χ0) is 12.0. The third kappa shape index (κ3) is 4.09. The molecule has 0 aliphatic carbocycles. The number of rotatable bonds is 4. The lowest BCUT2D eigenvalue weighted by Crippen LogP contribution is -2.17. The monoisotopic (exact) mass is 217 g/mol. The SMILES string of the molecule is C=C1CCC(/C=C\CCC)=C(C=C(C)C)N1. The predicted octanol–water partition coefficient (Wildman–Crippen LogP) is 4.46. The Balaban J connectivity index is 2.87. The van der Waals surface area contributed by atoms with Crippen LogP contribution in [0, 0.1) is 0 Å². The normalized spacial score (nSPS) is 16.6. The van der Waals surface area contributed by atoms with Gasteiger partial charge in [0.15, 0.2) is 0 Å². The molecule has 1 N–H and O–H groups in total. The van der Waals surface area contributed by atoms with Gasteiger partial charge in [-0.15, -0.1) is 0 Å². The molecule has 0 saturated carbocycles. The second-order valence-electron chi connectivity index (χ2n) is 4.58. The zero-order valence-corrected chi connectivity index (χ0v) is 10.8. The van der Waals surface area contributed by atoms with Gasteiger partial charge in [0.2, 0.25) is 0 Å². The fourth-order valence-corrected chi connectivity index (χ4v) is 1.74. The highest BCUT2D eigenvalue weighted by molar-refractivity contribution is 5.38. The van der Waals surface area contributed by atoms with Gasteiger partial charge in [-0.1, -0.05) is 37.6 Å². The molecule has 88 valence electrons. The Bertz CT molecular complexity index is 338. The lowest BCUT2D eigenvalue weighted by molar-refractivity contribution is 0.786. The highest BCUT2D eigenvalue weighted by atomic mass is 14.9. The summed E-state index contributed by atoms with van der Waals surface area (Å²) in [6.45, 7) is 10.5. The molecule has 0 amide bonds. The van der Waals surface area contributed by atoms with Gasteiger partial charge in [0.25, 0.3) is 0 Å². The van der Waals surface area contributed by atoms with E-state index in [0.29, 0.717) is 0 Å². The summed E-state index contributed by atoms with van der Waals surface area (Å²) in [5, 5.41) is 3.38. The van der Waals surface area contributed by atoms with Gasteiger partial charge in [-0.3, -0.25) is 0 Å². The molecule has 16 heavy (non-hydrogen) atoms. The van der Waals surface area contributed by atoms with E-state index < -0.39 is 0 Å². The number of hydrogen-bond donors (Lipinski definition) is 1. The third-order valence-corrected chi connectivity index (χ3v) is 2.56. The van der Waals surface area contributed by atoms with Crippen LogP contribution < -0.4 is 5.32 Å². The zero-order valence-electron chi connectivity index (χ0n) is 10.8. The molecular formula is C15H23N. The van der Waals surface area contributed by atoms with Crippen LogP contribution in [-0.4, -0.2) is 0 Å². The van der Waals surface area contributed by atoms with E-state index in [1.54, 1.807) is 0 Å². The fourth-order valence-electron chi connectivity index (χ4n) is 1.74. The second kappa shape index (κ2) is 6.37. The first-order chi connectivity index (χ1) is 7.63. The van der Waals surface area contributed by atoms with Crippen molar-refractivity contribution in [3.63, 3.8) is 0 Å². The Labute approximate surface area is 99.6 Å². The van der Waals surface area contributed by atoms with Gasteiger partial charge < -0.3 is 5.32 Å². The van der Waals surface area contributed by atoms with Crippen LogP contribution in [0.25, 0.3) is 0 Å². The molecule has 1 nitrogen and oxygen atoms in total. The average Bonchev–Trinajstić information content (AvgIpc) is 2.20. The maximum atomic E-state index is 4.00. The van der Waals surface area contributed by atoms with Crippen molar-refractivity contribution in [1.29, 1.82) is 0 Å². The summed E-state index contributed by atoms with van der Waals surface area (Å²) in [6, 6.07) is 0. The van der Waals surface area contributed by atoms with Crippen molar-refractivity contribution in [3.8, 4) is 0 Å². The minimum absolute atomic E-state index is 1.05. The van der Waals surface area contributed by atoms with Crippen molar-refractivity contribution in [3.05, 3.63) is 47.3 Å². The molecule has 1 heteroatoms. The molecule has 0 aromatic rings. The van der Waals surface area contributed by atoms with E-state index in [1.165, 1.54) is 23.3 Å². The summed E-state index contributed by atoms with van der Waals surface area (Å²) in [4.78, 5) is 0. The summed E-state index contributed by atoms with van der Waals surface area (Å²) in [5.74, 6) is 0. The molecule has 0 radical (unpaired) electrons. The molecule has 1 aliphatic rings. The van der Waals surface area contributed by atoms with Crippen LogP contribution in [0.15, 0.2) is 47.3 Å². The van der Waals surface area contributed by atoms with Gasteiger partial charge in [-0.2, -0.15) is 0 Å². The van der Waals surface area contributed by atoms with E-state index in [4.69, 9.17) is 0 Å². The van der Waals surface area contributed by atoms with Crippen molar-refractivity contribution < 1.29 is 0 Å². The second-order valence-corrected chi connectivity index (χ2v) is 4.58. The Morgan fingerprint density at radius 3 is 2.75 bits per heavy atom. The molecule has 0 spiro atoms. The van der Waals surface area contributed by atoms with E-state index in [-0.39, 0.29) is 0 Å². The van der Waals surface area contributed by atoms with Crippen LogP contribution in [0.5, 0.6) is 0 Å². The molecule has 0 aromatic carbocycles. The lowest BCUT2D eigenvalue weighted by atomic mass is 10.00. The number of unbranched alkanes of at least 4 members (excludes halogenated alkanes) is 1. The van der Waals surface area contributed by atoms with E-state index in [1.807, 2.05) is 0 Å². The van der Waals surface area contributed by atoms with Crippen LogP contribution in [0.3, 0.4) is 0 Å². The highest BCUT2D eigenvalue weighted by Gasteiger charge is 2.10. The molecule has 0 bridgehead atoms. The topological polar surface area (TPSA) is 12.0 Å². The molecular weight excluding hydrogens is 194 g/mol.